The van der Waals surface area contributed by atoms with Crippen molar-refractivity contribution >= 4 is 0 Å². The van der Waals surface area contributed by atoms with Crippen LogP contribution < -0.4 is 9.47 Å². The van der Waals surface area contributed by atoms with E-state index in [1.54, 1.807) is 6.26 Å². The second-order valence-electron chi connectivity index (χ2n) is 3.96. The summed E-state index contributed by atoms with van der Waals surface area (Å²) in [5.74, 6) is 2.24. The minimum atomic E-state index is 0.659. The number of ether oxygens (including phenoxy) is 2. The number of benzene rings is 1. The van der Waals surface area contributed by atoms with Crippen molar-refractivity contribution in [1.82, 2.24) is 4.98 Å². The Hall–Kier alpha value is -1.97. The second kappa shape index (κ2) is 4.13. The van der Waals surface area contributed by atoms with E-state index in [0.717, 1.165) is 29.2 Å². The summed E-state index contributed by atoms with van der Waals surface area (Å²) in [6.45, 7) is 3.22. The maximum absolute atomic E-state index is 5.63. The van der Waals surface area contributed by atoms with Gasteiger partial charge in [-0.1, -0.05) is 0 Å². The molecule has 17 heavy (non-hydrogen) atoms. The third kappa shape index (κ3) is 1.98. The van der Waals surface area contributed by atoms with E-state index in [2.05, 4.69) is 4.98 Å². The van der Waals surface area contributed by atoms with Crippen LogP contribution >= 0.6 is 0 Å². The fraction of sp³-hybridized carbons (Fsp3) is 0.308. The van der Waals surface area contributed by atoms with Crippen LogP contribution in [0.1, 0.15) is 12.3 Å². The molecule has 0 aliphatic carbocycles. The Morgan fingerprint density at radius 3 is 2.71 bits per heavy atom. The van der Waals surface area contributed by atoms with Gasteiger partial charge in [0.15, 0.2) is 17.4 Å². The fourth-order valence-corrected chi connectivity index (χ4v) is 1.82. The largest absolute Gasteiger partial charge is 0.490 e. The Labute approximate surface area is 99.2 Å². The van der Waals surface area contributed by atoms with Gasteiger partial charge in [0, 0.05) is 18.9 Å². The molecule has 0 saturated heterocycles. The minimum Gasteiger partial charge on any atom is -0.490 e. The van der Waals surface area contributed by atoms with Crippen LogP contribution in [0.25, 0.3) is 11.3 Å². The lowest BCUT2D eigenvalue weighted by Crippen LogP contribution is -1.97. The Bertz CT molecular complexity index is 533. The molecule has 0 unspecified atom stereocenters. The highest BCUT2D eigenvalue weighted by molar-refractivity contribution is 5.63. The van der Waals surface area contributed by atoms with E-state index in [1.165, 1.54) is 0 Å². The molecule has 2 heterocycles. The van der Waals surface area contributed by atoms with Crippen LogP contribution in [0.15, 0.2) is 28.9 Å². The Morgan fingerprint density at radius 1 is 1.12 bits per heavy atom. The third-order valence-corrected chi connectivity index (χ3v) is 2.66. The number of hydrogen-bond donors (Lipinski definition) is 0. The first kappa shape index (κ1) is 10.2. The molecule has 0 saturated carbocycles. The van der Waals surface area contributed by atoms with Crippen LogP contribution in [-0.4, -0.2) is 18.2 Å². The first-order valence-electron chi connectivity index (χ1n) is 5.65. The Morgan fingerprint density at radius 2 is 1.94 bits per heavy atom. The van der Waals surface area contributed by atoms with Crippen molar-refractivity contribution in [2.75, 3.05) is 13.2 Å². The molecular formula is C13H13NO3. The van der Waals surface area contributed by atoms with Crippen LogP contribution in [0, 0.1) is 6.92 Å². The van der Waals surface area contributed by atoms with E-state index in [0.29, 0.717) is 19.1 Å². The van der Waals surface area contributed by atoms with Gasteiger partial charge in [0.1, 0.15) is 12.0 Å². The Balaban J connectivity index is 2.00. The number of hydrogen-bond acceptors (Lipinski definition) is 4. The van der Waals surface area contributed by atoms with Gasteiger partial charge >= 0.3 is 0 Å². The third-order valence-electron chi connectivity index (χ3n) is 2.66. The second-order valence-corrected chi connectivity index (χ2v) is 3.96. The van der Waals surface area contributed by atoms with Gasteiger partial charge in [-0.15, -0.1) is 0 Å². The van der Waals surface area contributed by atoms with E-state index in [-0.39, 0.29) is 0 Å². The summed E-state index contributed by atoms with van der Waals surface area (Å²) in [5.41, 5.74) is 1.80. The summed E-state index contributed by atoms with van der Waals surface area (Å²) in [6, 6.07) is 5.82. The van der Waals surface area contributed by atoms with Crippen molar-refractivity contribution < 1.29 is 13.9 Å². The van der Waals surface area contributed by atoms with Gasteiger partial charge in [-0.25, -0.2) is 4.98 Å². The van der Waals surface area contributed by atoms with E-state index >= 15 is 0 Å². The quantitative estimate of drug-likeness (QED) is 0.757. The van der Waals surface area contributed by atoms with Crippen LogP contribution in [0.2, 0.25) is 0 Å². The van der Waals surface area contributed by atoms with Gasteiger partial charge in [0.05, 0.1) is 13.2 Å². The lowest BCUT2D eigenvalue weighted by atomic mass is 10.1. The maximum atomic E-state index is 5.63. The normalized spacial score (nSPS) is 14.4. The predicted octanol–water partition coefficient (Wildman–Crippen LogP) is 2.81. The summed E-state index contributed by atoms with van der Waals surface area (Å²) < 4.78 is 16.4. The molecule has 0 spiro atoms. The number of fused-ring (bicyclic) bond motifs is 1. The van der Waals surface area contributed by atoms with Gasteiger partial charge < -0.3 is 13.9 Å². The molecular weight excluding hydrogens is 218 g/mol. The first-order valence-corrected chi connectivity index (χ1v) is 5.65. The molecule has 0 fully saturated rings. The van der Waals surface area contributed by atoms with E-state index in [9.17, 15) is 0 Å². The first-order chi connectivity index (χ1) is 8.33. The standard InChI is InChI=1S/C13H13NO3/c1-9-14-11(8-17-9)10-3-4-12-13(7-10)16-6-2-5-15-12/h3-4,7-8H,2,5-6H2,1H3. The molecule has 4 nitrogen and oxygen atoms in total. The number of aromatic nitrogens is 1. The van der Waals surface area contributed by atoms with E-state index in [4.69, 9.17) is 13.9 Å². The number of oxazole rings is 1. The van der Waals surface area contributed by atoms with Gasteiger partial charge in [-0.2, -0.15) is 0 Å². The molecule has 3 rings (SSSR count). The molecule has 0 bridgehead atoms. The van der Waals surface area contributed by atoms with Crippen LogP contribution in [0.3, 0.4) is 0 Å². The highest BCUT2D eigenvalue weighted by Gasteiger charge is 2.12. The summed E-state index contributed by atoms with van der Waals surface area (Å²) in [5, 5.41) is 0. The molecule has 0 amide bonds. The fourth-order valence-electron chi connectivity index (χ4n) is 1.82. The predicted molar refractivity (Wildman–Crippen MR) is 62.3 cm³/mol. The van der Waals surface area contributed by atoms with Gasteiger partial charge in [-0.05, 0) is 18.2 Å². The van der Waals surface area contributed by atoms with Crippen LogP contribution in [-0.2, 0) is 0 Å². The average molecular weight is 231 g/mol. The Kier molecular flexibility index (Phi) is 2.48. The summed E-state index contributed by atoms with van der Waals surface area (Å²) in [6.07, 6.45) is 2.56. The lowest BCUT2D eigenvalue weighted by Gasteiger charge is -2.07. The molecule has 1 aliphatic heterocycles. The van der Waals surface area contributed by atoms with Crippen molar-refractivity contribution in [2.24, 2.45) is 0 Å². The zero-order chi connectivity index (χ0) is 11.7. The van der Waals surface area contributed by atoms with Crippen LogP contribution in [0.5, 0.6) is 11.5 Å². The van der Waals surface area contributed by atoms with E-state index < -0.39 is 0 Å². The zero-order valence-electron chi connectivity index (χ0n) is 9.60. The van der Waals surface area contributed by atoms with Crippen molar-refractivity contribution in [2.45, 2.75) is 13.3 Å². The van der Waals surface area contributed by atoms with Gasteiger partial charge in [-0.3, -0.25) is 0 Å². The topological polar surface area (TPSA) is 44.5 Å². The monoisotopic (exact) mass is 231 g/mol. The molecule has 0 atom stereocenters. The highest BCUT2D eigenvalue weighted by atomic mass is 16.5. The molecule has 0 N–H and O–H groups in total. The number of nitrogens with zero attached hydrogens (tertiary/aromatic N) is 1. The lowest BCUT2D eigenvalue weighted by molar-refractivity contribution is 0.297. The number of rotatable bonds is 1. The molecule has 1 aromatic carbocycles. The van der Waals surface area contributed by atoms with Crippen molar-refractivity contribution in [3.8, 4) is 22.8 Å². The average Bonchev–Trinajstić information content (AvgIpc) is 2.64. The van der Waals surface area contributed by atoms with Crippen molar-refractivity contribution in [1.29, 1.82) is 0 Å². The summed E-state index contributed by atoms with van der Waals surface area (Å²) in [4.78, 5) is 4.29. The summed E-state index contributed by atoms with van der Waals surface area (Å²) in [7, 11) is 0. The zero-order valence-corrected chi connectivity index (χ0v) is 9.60. The summed E-state index contributed by atoms with van der Waals surface area (Å²) >= 11 is 0. The van der Waals surface area contributed by atoms with Gasteiger partial charge in [0.2, 0.25) is 0 Å². The maximum Gasteiger partial charge on any atom is 0.191 e. The van der Waals surface area contributed by atoms with Crippen LogP contribution in [0.4, 0.5) is 0 Å². The molecule has 1 aromatic heterocycles. The van der Waals surface area contributed by atoms with Gasteiger partial charge in [0.25, 0.3) is 0 Å². The SMILES string of the molecule is Cc1nc(-c2ccc3c(c2)OCCCO3)co1. The van der Waals surface area contributed by atoms with Crippen molar-refractivity contribution in [3.63, 3.8) is 0 Å². The highest BCUT2D eigenvalue weighted by Crippen LogP contribution is 2.33. The molecule has 0 radical (unpaired) electrons. The molecule has 2 aromatic rings. The smallest absolute Gasteiger partial charge is 0.191 e. The molecule has 88 valence electrons. The van der Waals surface area contributed by atoms with Crippen molar-refractivity contribution in [3.05, 3.63) is 30.4 Å². The minimum absolute atomic E-state index is 0.659. The molecule has 1 aliphatic rings. The number of aryl methyl sites for hydroxylation is 1. The van der Waals surface area contributed by atoms with E-state index in [1.807, 2.05) is 25.1 Å². The molecule has 4 heteroatoms.